The number of carbonyl (C=O) groups is 2. The minimum atomic E-state index is -0.519. The molecular formula is C23H24N6O2. The molecule has 0 bridgehead atoms. The van der Waals surface area contributed by atoms with E-state index in [1.807, 2.05) is 53.0 Å². The van der Waals surface area contributed by atoms with Crippen LogP contribution in [-0.4, -0.2) is 31.3 Å². The van der Waals surface area contributed by atoms with Crippen LogP contribution in [0.4, 0.5) is 11.6 Å². The number of aryl methyl sites for hydroxylation is 1. The van der Waals surface area contributed by atoms with Crippen LogP contribution < -0.4 is 10.6 Å². The van der Waals surface area contributed by atoms with Gasteiger partial charge in [0.1, 0.15) is 23.0 Å². The van der Waals surface area contributed by atoms with Crippen LogP contribution in [0.25, 0.3) is 5.69 Å². The van der Waals surface area contributed by atoms with Gasteiger partial charge in [-0.15, -0.1) is 0 Å². The maximum Gasteiger partial charge on any atom is 0.254 e. The Labute approximate surface area is 179 Å². The molecule has 8 nitrogen and oxygen atoms in total. The molecule has 1 amide bonds. The van der Waals surface area contributed by atoms with E-state index in [4.69, 9.17) is 10.8 Å². The third-order valence-corrected chi connectivity index (χ3v) is 6.03. The number of allylic oxidation sites excluding steroid dienone is 1. The highest BCUT2D eigenvalue weighted by atomic mass is 16.1. The van der Waals surface area contributed by atoms with Gasteiger partial charge in [-0.2, -0.15) is 10.2 Å². The number of nitrogens with two attached hydrogens (primary N) is 1. The fourth-order valence-corrected chi connectivity index (χ4v) is 4.32. The fourth-order valence-electron chi connectivity index (χ4n) is 4.32. The van der Waals surface area contributed by atoms with Crippen LogP contribution in [0.3, 0.4) is 0 Å². The van der Waals surface area contributed by atoms with Crippen molar-refractivity contribution in [1.82, 2.24) is 19.6 Å². The quantitative estimate of drug-likeness (QED) is 0.703. The van der Waals surface area contributed by atoms with Crippen LogP contribution in [0.15, 0.2) is 48.8 Å². The van der Waals surface area contributed by atoms with E-state index >= 15 is 0 Å². The zero-order valence-electron chi connectivity index (χ0n) is 17.4. The van der Waals surface area contributed by atoms with Crippen molar-refractivity contribution < 1.29 is 9.59 Å². The summed E-state index contributed by atoms with van der Waals surface area (Å²) >= 11 is 0. The number of nitrogens with zero attached hydrogens (tertiary/aromatic N) is 5. The largest absolute Gasteiger partial charge is 0.365 e. The molecule has 3 heterocycles. The first-order chi connectivity index (χ1) is 15.0. The molecule has 0 radical (unpaired) electrons. The fraction of sp³-hybridized carbons (Fsp3) is 0.304. The average Bonchev–Trinajstić information content (AvgIpc) is 3.40. The van der Waals surface area contributed by atoms with E-state index in [1.54, 1.807) is 4.68 Å². The molecule has 1 aliphatic heterocycles. The lowest BCUT2D eigenvalue weighted by molar-refractivity contribution is -0.120. The Morgan fingerprint density at radius 1 is 1.16 bits per heavy atom. The molecule has 31 heavy (non-hydrogen) atoms. The highest BCUT2D eigenvalue weighted by molar-refractivity contribution is 5.99. The number of aromatic nitrogens is 4. The molecule has 0 saturated heterocycles. The van der Waals surface area contributed by atoms with Gasteiger partial charge in [0, 0.05) is 31.0 Å². The molecule has 1 fully saturated rings. The van der Waals surface area contributed by atoms with Crippen LogP contribution in [0.2, 0.25) is 0 Å². The number of hydrogen-bond donors (Lipinski definition) is 1. The zero-order chi connectivity index (χ0) is 21.5. The lowest BCUT2D eigenvalue weighted by atomic mass is 9.86. The molecule has 0 spiro atoms. The molecule has 5 rings (SSSR count). The molecule has 2 N–H and O–H groups in total. The van der Waals surface area contributed by atoms with Crippen molar-refractivity contribution in [2.75, 3.05) is 4.90 Å². The Balaban J connectivity index is 1.64. The smallest absolute Gasteiger partial charge is 0.254 e. The highest BCUT2D eigenvalue weighted by Gasteiger charge is 2.29. The predicted octanol–water partition coefficient (Wildman–Crippen LogP) is 3.37. The van der Waals surface area contributed by atoms with Crippen molar-refractivity contribution in [3.8, 4) is 5.69 Å². The summed E-state index contributed by atoms with van der Waals surface area (Å²) in [5, 5.41) is 9.28. The van der Waals surface area contributed by atoms with E-state index in [2.05, 4.69) is 11.2 Å². The molecule has 158 valence electrons. The first-order valence-corrected chi connectivity index (χ1v) is 10.5. The first kappa shape index (κ1) is 19.3. The number of fused-ring (bicyclic) bond motifs is 1. The van der Waals surface area contributed by atoms with Gasteiger partial charge < -0.3 is 5.73 Å². The molecule has 8 heteroatoms. The van der Waals surface area contributed by atoms with E-state index in [0.29, 0.717) is 36.6 Å². The summed E-state index contributed by atoms with van der Waals surface area (Å²) in [6, 6.07) is 10.2. The van der Waals surface area contributed by atoms with Crippen LogP contribution in [0.1, 0.15) is 53.2 Å². The molecule has 1 aromatic carbocycles. The van der Waals surface area contributed by atoms with Crippen molar-refractivity contribution >= 4 is 23.3 Å². The lowest BCUT2D eigenvalue weighted by Crippen LogP contribution is -2.24. The van der Waals surface area contributed by atoms with Crippen molar-refractivity contribution in [1.29, 1.82) is 0 Å². The molecule has 0 atom stereocenters. The highest BCUT2D eigenvalue weighted by Crippen LogP contribution is 2.37. The molecular weight excluding hydrogens is 392 g/mol. The van der Waals surface area contributed by atoms with Crippen molar-refractivity contribution in [2.24, 2.45) is 5.73 Å². The summed E-state index contributed by atoms with van der Waals surface area (Å²) < 4.78 is 3.65. The summed E-state index contributed by atoms with van der Waals surface area (Å²) in [6.45, 7) is 2.61. The van der Waals surface area contributed by atoms with Gasteiger partial charge in [0.2, 0.25) is 0 Å². The van der Waals surface area contributed by atoms with Crippen LogP contribution in [0.5, 0.6) is 0 Å². The second kappa shape index (κ2) is 7.54. The maximum absolute atomic E-state index is 12.1. The number of hydrogen-bond acceptors (Lipinski definition) is 5. The van der Waals surface area contributed by atoms with Gasteiger partial charge in [0.15, 0.2) is 0 Å². The standard InChI is InChI=1S/C23H24N6O2/c1-15-3-7-17(8-4-15)29-21(13-20(26-29)16-5-9-18(30)10-6-16)27-11-2-12-28-23(27)19(14-25-28)22(24)31/h2-4,7-8,11,13-14,16H,5-6,9-10,12H2,1H3,(H2,24,31). The molecule has 2 aliphatic rings. The minimum Gasteiger partial charge on any atom is -0.365 e. The number of benzene rings is 1. The summed E-state index contributed by atoms with van der Waals surface area (Å²) in [5.41, 5.74) is 9.03. The van der Waals surface area contributed by atoms with E-state index in [0.717, 1.165) is 35.6 Å². The minimum absolute atomic E-state index is 0.234. The Morgan fingerprint density at radius 2 is 1.90 bits per heavy atom. The normalized spacial score (nSPS) is 16.5. The Bertz CT molecular complexity index is 1180. The molecule has 1 aliphatic carbocycles. The Kier molecular flexibility index (Phi) is 4.69. The van der Waals surface area contributed by atoms with E-state index in [-0.39, 0.29) is 5.92 Å². The topological polar surface area (TPSA) is 99.0 Å². The Hall–Kier alpha value is -3.68. The monoisotopic (exact) mass is 416 g/mol. The van der Waals surface area contributed by atoms with Crippen LogP contribution in [-0.2, 0) is 11.3 Å². The maximum atomic E-state index is 12.1. The first-order valence-electron chi connectivity index (χ1n) is 10.5. The third-order valence-electron chi connectivity index (χ3n) is 6.03. The number of anilines is 2. The number of rotatable bonds is 4. The predicted molar refractivity (Wildman–Crippen MR) is 117 cm³/mol. The number of carbonyl (C=O) groups excluding carboxylic acids is 2. The number of primary amides is 1. The van der Waals surface area contributed by atoms with Gasteiger partial charge in [0.05, 0.1) is 24.1 Å². The lowest BCUT2D eigenvalue weighted by Gasteiger charge is -2.25. The van der Waals surface area contributed by atoms with Gasteiger partial charge in [-0.3, -0.25) is 14.5 Å². The zero-order valence-corrected chi connectivity index (χ0v) is 17.4. The molecule has 3 aromatic rings. The van der Waals surface area contributed by atoms with Crippen molar-refractivity contribution in [2.45, 2.75) is 45.1 Å². The molecule has 1 saturated carbocycles. The summed E-state index contributed by atoms with van der Waals surface area (Å²) in [4.78, 5) is 25.7. The van der Waals surface area contributed by atoms with E-state index < -0.39 is 5.91 Å². The average molecular weight is 416 g/mol. The van der Waals surface area contributed by atoms with Crippen molar-refractivity contribution in [3.05, 3.63) is 65.6 Å². The van der Waals surface area contributed by atoms with Gasteiger partial charge in [-0.25, -0.2) is 9.36 Å². The number of amides is 1. The van der Waals surface area contributed by atoms with E-state index in [9.17, 15) is 9.59 Å². The summed E-state index contributed by atoms with van der Waals surface area (Å²) in [7, 11) is 0. The van der Waals surface area contributed by atoms with Crippen molar-refractivity contribution in [3.63, 3.8) is 0 Å². The van der Waals surface area contributed by atoms with Crippen LogP contribution in [0, 0.1) is 6.92 Å². The second-order valence-corrected chi connectivity index (χ2v) is 8.17. The number of Topliss-reactive ketones (excluding diaryl/α,β-unsaturated/α-hetero) is 1. The van der Waals surface area contributed by atoms with E-state index in [1.165, 1.54) is 6.20 Å². The molecule has 2 aromatic heterocycles. The van der Waals surface area contributed by atoms with Gasteiger partial charge in [-0.1, -0.05) is 17.7 Å². The summed E-state index contributed by atoms with van der Waals surface area (Å²) in [6.07, 6.45) is 8.24. The third kappa shape index (κ3) is 3.43. The molecule has 0 unspecified atom stereocenters. The second-order valence-electron chi connectivity index (χ2n) is 8.17. The SMILES string of the molecule is Cc1ccc(-n2nc(C3CCC(=O)CC3)cc2N2C=CCn3ncc(C(N)=O)c32)cc1. The van der Waals surface area contributed by atoms with Crippen LogP contribution >= 0.6 is 0 Å². The van der Waals surface area contributed by atoms with Gasteiger partial charge in [0.25, 0.3) is 5.91 Å². The number of ketones is 1. The van der Waals surface area contributed by atoms with Gasteiger partial charge >= 0.3 is 0 Å². The van der Waals surface area contributed by atoms with Gasteiger partial charge in [-0.05, 0) is 38.0 Å². The Morgan fingerprint density at radius 3 is 2.61 bits per heavy atom. The summed E-state index contributed by atoms with van der Waals surface area (Å²) in [5.74, 6) is 1.47.